The Kier molecular flexibility index (Phi) is 12.5. The van der Waals surface area contributed by atoms with E-state index in [4.69, 9.17) is 9.47 Å². The SMILES string of the molecule is C=CCCOC(=O)N[C@@H](CCC)C(=O)OCCCCCC. The number of rotatable bonds is 12. The molecule has 1 N–H and O–H groups in total. The maximum Gasteiger partial charge on any atom is 0.407 e. The Morgan fingerprint density at radius 3 is 2.48 bits per heavy atom. The summed E-state index contributed by atoms with van der Waals surface area (Å²) in [6, 6.07) is -0.627. The standard InChI is InChI=1S/C16H29NO4/c1-4-7-9-10-13-20-15(18)14(11-6-3)17-16(19)21-12-8-5-2/h5,14H,2,4,6-13H2,1,3H3,(H,17,19)/t14-/m0/s1. The highest BCUT2D eigenvalue weighted by Crippen LogP contribution is 2.03. The first-order valence-electron chi connectivity index (χ1n) is 7.86. The summed E-state index contributed by atoms with van der Waals surface area (Å²) in [4.78, 5) is 23.5. The van der Waals surface area contributed by atoms with E-state index in [0.717, 1.165) is 32.1 Å². The van der Waals surface area contributed by atoms with Crippen molar-refractivity contribution in [3.63, 3.8) is 0 Å². The zero-order chi connectivity index (χ0) is 15.9. The predicted octanol–water partition coefficient (Wildman–Crippen LogP) is 3.58. The van der Waals surface area contributed by atoms with Crippen LogP contribution in [0.4, 0.5) is 4.79 Å². The van der Waals surface area contributed by atoms with Crippen LogP contribution in [-0.4, -0.2) is 31.3 Å². The van der Waals surface area contributed by atoms with Gasteiger partial charge >= 0.3 is 12.1 Å². The van der Waals surface area contributed by atoms with E-state index in [9.17, 15) is 9.59 Å². The van der Waals surface area contributed by atoms with Crippen LogP contribution in [0.2, 0.25) is 0 Å². The van der Waals surface area contributed by atoms with Crippen LogP contribution < -0.4 is 5.32 Å². The lowest BCUT2D eigenvalue weighted by Crippen LogP contribution is -2.42. The van der Waals surface area contributed by atoms with E-state index in [1.54, 1.807) is 6.08 Å². The average Bonchev–Trinajstić information content (AvgIpc) is 2.46. The molecule has 0 saturated heterocycles. The molecular weight excluding hydrogens is 270 g/mol. The molecule has 0 aromatic heterocycles. The number of alkyl carbamates (subject to hydrolysis) is 1. The minimum atomic E-state index is -0.627. The van der Waals surface area contributed by atoms with E-state index in [1.807, 2.05) is 6.92 Å². The minimum Gasteiger partial charge on any atom is -0.464 e. The van der Waals surface area contributed by atoms with Gasteiger partial charge < -0.3 is 14.8 Å². The summed E-state index contributed by atoms with van der Waals surface area (Å²) in [6.07, 6.45) is 7.20. The van der Waals surface area contributed by atoms with Gasteiger partial charge in [0.05, 0.1) is 13.2 Å². The van der Waals surface area contributed by atoms with Crippen molar-refractivity contribution in [1.29, 1.82) is 0 Å². The van der Waals surface area contributed by atoms with Crippen molar-refractivity contribution in [1.82, 2.24) is 5.32 Å². The van der Waals surface area contributed by atoms with Gasteiger partial charge in [-0.1, -0.05) is 45.6 Å². The number of hydrogen-bond acceptors (Lipinski definition) is 4. The van der Waals surface area contributed by atoms with Crippen LogP contribution in [-0.2, 0) is 14.3 Å². The molecule has 0 aliphatic carbocycles. The van der Waals surface area contributed by atoms with Crippen LogP contribution >= 0.6 is 0 Å². The van der Waals surface area contributed by atoms with E-state index >= 15 is 0 Å². The first kappa shape index (κ1) is 19.5. The summed E-state index contributed by atoms with van der Waals surface area (Å²) in [5.74, 6) is -0.381. The molecule has 1 amide bonds. The second-order valence-corrected chi connectivity index (χ2v) is 4.93. The van der Waals surface area contributed by atoms with Gasteiger partial charge in [-0.05, 0) is 19.3 Å². The maximum atomic E-state index is 11.9. The first-order valence-corrected chi connectivity index (χ1v) is 7.86. The molecule has 0 aliphatic rings. The van der Waals surface area contributed by atoms with Crippen molar-refractivity contribution in [2.24, 2.45) is 0 Å². The topological polar surface area (TPSA) is 64.6 Å². The summed E-state index contributed by atoms with van der Waals surface area (Å²) in [5.41, 5.74) is 0. The van der Waals surface area contributed by atoms with Crippen molar-refractivity contribution in [3.8, 4) is 0 Å². The maximum absolute atomic E-state index is 11.9. The number of nitrogens with one attached hydrogen (secondary N) is 1. The third kappa shape index (κ3) is 10.9. The van der Waals surface area contributed by atoms with E-state index in [2.05, 4.69) is 18.8 Å². The fourth-order valence-corrected chi connectivity index (χ4v) is 1.76. The molecule has 5 nitrogen and oxygen atoms in total. The molecule has 0 heterocycles. The van der Waals surface area contributed by atoms with Gasteiger partial charge in [0.2, 0.25) is 0 Å². The van der Waals surface area contributed by atoms with Gasteiger partial charge in [-0.25, -0.2) is 9.59 Å². The average molecular weight is 299 g/mol. The highest BCUT2D eigenvalue weighted by molar-refractivity contribution is 5.81. The Morgan fingerprint density at radius 1 is 1.10 bits per heavy atom. The largest absolute Gasteiger partial charge is 0.464 e. The van der Waals surface area contributed by atoms with Crippen molar-refractivity contribution in [2.45, 2.75) is 64.8 Å². The van der Waals surface area contributed by atoms with Crippen LogP contribution in [0.5, 0.6) is 0 Å². The lowest BCUT2D eigenvalue weighted by Gasteiger charge is -2.16. The van der Waals surface area contributed by atoms with Crippen molar-refractivity contribution < 1.29 is 19.1 Å². The van der Waals surface area contributed by atoms with E-state index < -0.39 is 12.1 Å². The number of hydrogen-bond donors (Lipinski definition) is 1. The van der Waals surface area contributed by atoms with Crippen LogP contribution in [0.3, 0.4) is 0 Å². The smallest absolute Gasteiger partial charge is 0.407 e. The molecule has 122 valence electrons. The number of esters is 1. The van der Waals surface area contributed by atoms with Crippen LogP contribution in [0.15, 0.2) is 12.7 Å². The highest BCUT2D eigenvalue weighted by atomic mass is 16.6. The molecule has 0 spiro atoms. The van der Waals surface area contributed by atoms with E-state index in [1.165, 1.54) is 0 Å². The highest BCUT2D eigenvalue weighted by Gasteiger charge is 2.21. The molecule has 5 heteroatoms. The molecule has 0 saturated carbocycles. The third-order valence-corrected chi connectivity index (χ3v) is 2.95. The summed E-state index contributed by atoms with van der Waals surface area (Å²) >= 11 is 0. The van der Waals surface area contributed by atoms with Gasteiger partial charge in [-0.3, -0.25) is 0 Å². The summed E-state index contributed by atoms with van der Waals surface area (Å²) in [5, 5.41) is 2.56. The number of carbonyl (C=O) groups excluding carboxylic acids is 2. The van der Waals surface area contributed by atoms with Crippen molar-refractivity contribution in [2.75, 3.05) is 13.2 Å². The minimum absolute atomic E-state index is 0.264. The van der Waals surface area contributed by atoms with E-state index in [-0.39, 0.29) is 12.6 Å². The Balaban J connectivity index is 4.04. The molecule has 1 atom stereocenters. The van der Waals surface area contributed by atoms with Gasteiger partial charge in [-0.2, -0.15) is 0 Å². The summed E-state index contributed by atoms with van der Waals surface area (Å²) in [6.45, 7) is 8.30. The lowest BCUT2D eigenvalue weighted by molar-refractivity contribution is -0.146. The zero-order valence-corrected chi connectivity index (χ0v) is 13.4. The fourth-order valence-electron chi connectivity index (χ4n) is 1.76. The molecule has 21 heavy (non-hydrogen) atoms. The Bertz CT molecular complexity index is 305. The monoisotopic (exact) mass is 299 g/mol. The molecule has 0 aliphatic heterocycles. The summed E-state index contributed by atoms with van der Waals surface area (Å²) in [7, 11) is 0. The molecule has 0 bridgehead atoms. The van der Waals surface area contributed by atoms with Crippen molar-refractivity contribution >= 4 is 12.1 Å². The van der Waals surface area contributed by atoms with Gasteiger partial charge in [0, 0.05) is 0 Å². The van der Waals surface area contributed by atoms with Gasteiger partial charge in [0.25, 0.3) is 0 Å². The second-order valence-electron chi connectivity index (χ2n) is 4.93. The third-order valence-electron chi connectivity index (χ3n) is 2.95. The molecule has 0 aromatic rings. The quantitative estimate of drug-likeness (QED) is 0.340. The first-order chi connectivity index (χ1) is 10.2. The Hall–Kier alpha value is -1.52. The van der Waals surface area contributed by atoms with Crippen LogP contribution in [0.25, 0.3) is 0 Å². The Labute approximate surface area is 128 Å². The Morgan fingerprint density at radius 2 is 1.86 bits per heavy atom. The summed E-state index contributed by atoms with van der Waals surface area (Å²) < 4.78 is 10.1. The normalized spacial score (nSPS) is 11.5. The number of ether oxygens (including phenoxy) is 2. The molecule has 0 rings (SSSR count). The molecule has 0 unspecified atom stereocenters. The number of carbonyl (C=O) groups is 2. The van der Waals surface area contributed by atoms with Crippen molar-refractivity contribution in [3.05, 3.63) is 12.7 Å². The van der Waals surface area contributed by atoms with E-state index in [0.29, 0.717) is 19.4 Å². The molecular formula is C16H29NO4. The van der Waals surface area contributed by atoms with Gasteiger partial charge in [0.15, 0.2) is 0 Å². The lowest BCUT2D eigenvalue weighted by atomic mass is 10.2. The predicted molar refractivity (Wildman–Crippen MR) is 83.1 cm³/mol. The molecule has 0 fully saturated rings. The number of unbranched alkanes of at least 4 members (excludes halogenated alkanes) is 3. The van der Waals surface area contributed by atoms with Crippen LogP contribution in [0, 0.1) is 0 Å². The fraction of sp³-hybridized carbons (Fsp3) is 0.750. The molecule has 0 aromatic carbocycles. The van der Waals surface area contributed by atoms with Gasteiger partial charge in [-0.15, -0.1) is 6.58 Å². The molecule has 0 radical (unpaired) electrons. The second kappa shape index (κ2) is 13.5. The van der Waals surface area contributed by atoms with Crippen LogP contribution in [0.1, 0.15) is 58.8 Å². The number of amides is 1. The van der Waals surface area contributed by atoms with Gasteiger partial charge in [0.1, 0.15) is 6.04 Å². The zero-order valence-electron chi connectivity index (χ0n) is 13.4.